The highest BCUT2D eigenvalue weighted by atomic mass is 14.7. The highest BCUT2D eigenvalue weighted by molar-refractivity contribution is 4.84. The van der Waals surface area contributed by atoms with E-state index in [4.69, 9.17) is 11.5 Å². The van der Waals surface area contributed by atoms with Crippen LogP contribution in [0.25, 0.3) is 0 Å². The zero-order valence-electron chi connectivity index (χ0n) is 12.3. The summed E-state index contributed by atoms with van der Waals surface area (Å²) in [6, 6.07) is 0.913. The second-order valence-corrected chi connectivity index (χ2v) is 7.23. The van der Waals surface area contributed by atoms with Crippen LogP contribution in [0, 0.1) is 23.7 Å². The van der Waals surface area contributed by atoms with Crippen molar-refractivity contribution >= 4 is 0 Å². The predicted octanol–water partition coefficient (Wildman–Crippen LogP) is 3.29. The number of hydrogen-bond donors (Lipinski definition) is 2. The maximum atomic E-state index is 6.20. The molecule has 0 aromatic heterocycles. The van der Waals surface area contributed by atoms with Gasteiger partial charge in [0.05, 0.1) is 0 Å². The van der Waals surface area contributed by atoms with Gasteiger partial charge in [-0.2, -0.15) is 0 Å². The molecular weight excluding hydrogens is 220 g/mol. The van der Waals surface area contributed by atoms with Crippen molar-refractivity contribution in [3.63, 3.8) is 0 Å². The molecule has 2 saturated carbocycles. The Kier molecular flexibility index (Phi) is 5.08. The lowest BCUT2D eigenvalue weighted by atomic mass is 9.74. The molecule has 0 bridgehead atoms. The average Bonchev–Trinajstić information content (AvgIpc) is 2.47. The molecule has 0 aromatic rings. The van der Waals surface area contributed by atoms with E-state index in [1.165, 1.54) is 51.4 Å². The van der Waals surface area contributed by atoms with Crippen molar-refractivity contribution in [2.45, 2.75) is 77.3 Å². The Morgan fingerprint density at radius 1 is 0.778 bits per heavy atom. The summed E-state index contributed by atoms with van der Waals surface area (Å²) in [5.41, 5.74) is 12.3. The topological polar surface area (TPSA) is 52.0 Å². The van der Waals surface area contributed by atoms with Gasteiger partial charge in [-0.05, 0) is 62.2 Å². The molecule has 2 heteroatoms. The monoisotopic (exact) mass is 252 g/mol. The highest BCUT2D eigenvalue weighted by Crippen LogP contribution is 2.37. The Morgan fingerprint density at radius 2 is 1.33 bits per heavy atom. The van der Waals surface area contributed by atoms with E-state index in [1.807, 2.05) is 0 Å². The fraction of sp³-hybridized carbons (Fsp3) is 1.00. The molecule has 106 valence electrons. The van der Waals surface area contributed by atoms with E-state index in [0.29, 0.717) is 12.1 Å². The third-order valence-electron chi connectivity index (χ3n) is 5.60. The SMILES string of the molecule is CC1CC(CC2CCC(N)C(C)C2)CCCC1N. The van der Waals surface area contributed by atoms with Gasteiger partial charge in [0, 0.05) is 12.1 Å². The smallest absolute Gasteiger partial charge is 0.00647 e. The van der Waals surface area contributed by atoms with Crippen molar-refractivity contribution in [2.75, 3.05) is 0 Å². The van der Waals surface area contributed by atoms with Crippen LogP contribution in [0.5, 0.6) is 0 Å². The number of rotatable bonds is 2. The summed E-state index contributed by atoms with van der Waals surface area (Å²) >= 11 is 0. The maximum Gasteiger partial charge on any atom is 0.00647 e. The zero-order chi connectivity index (χ0) is 13.1. The van der Waals surface area contributed by atoms with E-state index < -0.39 is 0 Å². The molecule has 0 spiro atoms. The van der Waals surface area contributed by atoms with E-state index in [1.54, 1.807) is 0 Å². The molecule has 0 aromatic carbocycles. The van der Waals surface area contributed by atoms with E-state index in [9.17, 15) is 0 Å². The van der Waals surface area contributed by atoms with Gasteiger partial charge in [0.15, 0.2) is 0 Å². The minimum Gasteiger partial charge on any atom is -0.327 e. The van der Waals surface area contributed by atoms with Crippen LogP contribution in [0.15, 0.2) is 0 Å². The van der Waals surface area contributed by atoms with E-state index >= 15 is 0 Å². The molecule has 2 nitrogen and oxygen atoms in total. The first-order valence-electron chi connectivity index (χ1n) is 8.07. The van der Waals surface area contributed by atoms with Crippen molar-refractivity contribution in [1.82, 2.24) is 0 Å². The lowest BCUT2D eigenvalue weighted by molar-refractivity contribution is 0.200. The first-order valence-corrected chi connectivity index (χ1v) is 8.07. The molecule has 0 saturated heterocycles. The van der Waals surface area contributed by atoms with Gasteiger partial charge >= 0.3 is 0 Å². The summed E-state index contributed by atoms with van der Waals surface area (Å²) < 4.78 is 0. The Balaban J connectivity index is 1.82. The van der Waals surface area contributed by atoms with E-state index in [0.717, 1.165) is 23.7 Å². The number of nitrogens with two attached hydrogens (primary N) is 2. The molecule has 2 rings (SSSR count). The van der Waals surface area contributed by atoms with Crippen molar-refractivity contribution < 1.29 is 0 Å². The number of hydrogen-bond acceptors (Lipinski definition) is 2. The van der Waals surface area contributed by atoms with Gasteiger partial charge in [0.25, 0.3) is 0 Å². The first kappa shape index (κ1) is 14.3. The van der Waals surface area contributed by atoms with Gasteiger partial charge in [-0.25, -0.2) is 0 Å². The molecule has 6 unspecified atom stereocenters. The van der Waals surface area contributed by atoms with E-state index in [2.05, 4.69) is 13.8 Å². The van der Waals surface area contributed by atoms with Crippen molar-refractivity contribution in [2.24, 2.45) is 35.1 Å². The Bertz CT molecular complexity index is 253. The molecule has 2 aliphatic carbocycles. The molecule has 0 radical (unpaired) electrons. The summed E-state index contributed by atoms with van der Waals surface area (Å²) in [6.45, 7) is 4.69. The van der Waals surface area contributed by atoms with Crippen LogP contribution >= 0.6 is 0 Å². The van der Waals surface area contributed by atoms with Gasteiger partial charge in [0.1, 0.15) is 0 Å². The lowest BCUT2D eigenvalue weighted by Crippen LogP contribution is -2.35. The van der Waals surface area contributed by atoms with Crippen molar-refractivity contribution in [3.05, 3.63) is 0 Å². The van der Waals surface area contributed by atoms with Crippen LogP contribution in [0.1, 0.15) is 65.2 Å². The summed E-state index contributed by atoms with van der Waals surface area (Å²) in [4.78, 5) is 0. The first-order chi connectivity index (χ1) is 8.56. The second kappa shape index (κ2) is 6.38. The third-order valence-corrected chi connectivity index (χ3v) is 5.60. The Labute approximate surface area is 113 Å². The zero-order valence-corrected chi connectivity index (χ0v) is 12.3. The minimum absolute atomic E-state index is 0.453. The summed E-state index contributed by atoms with van der Waals surface area (Å²) in [6.07, 6.45) is 10.8. The maximum absolute atomic E-state index is 6.20. The van der Waals surface area contributed by atoms with Gasteiger partial charge in [0.2, 0.25) is 0 Å². The molecule has 2 fully saturated rings. The fourth-order valence-corrected chi connectivity index (χ4v) is 4.18. The molecule has 6 atom stereocenters. The fourth-order valence-electron chi connectivity index (χ4n) is 4.18. The van der Waals surface area contributed by atoms with Crippen molar-refractivity contribution in [1.29, 1.82) is 0 Å². The molecule has 2 aliphatic rings. The van der Waals surface area contributed by atoms with Gasteiger partial charge < -0.3 is 11.5 Å². The minimum atomic E-state index is 0.453. The third kappa shape index (κ3) is 3.71. The molecular formula is C16H32N2. The molecule has 0 heterocycles. The van der Waals surface area contributed by atoms with Gasteiger partial charge in [-0.3, -0.25) is 0 Å². The quantitative estimate of drug-likeness (QED) is 0.741. The average molecular weight is 252 g/mol. The van der Waals surface area contributed by atoms with Crippen LogP contribution in [0.4, 0.5) is 0 Å². The van der Waals surface area contributed by atoms with Crippen LogP contribution in [-0.2, 0) is 0 Å². The normalized spacial score (nSPS) is 46.7. The Morgan fingerprint density at radius 3 is 2.00 bits per heavy atom. The second-order valence-electron chi connectivity index (χ2n) is 7.23. The van der Waals surface area contributed by atoms with Crippen LogP contribution in [0.3, 0.4) is 0 Å². The molecule has 0 amide bonds. The lowest BCUT2D eigenvalue weighted by Gasteiger charge is -2.34. The summed E-state index contributed by atoms with van der Waals surface area (Å²) in [5.74, 6) is 3.32. The molecule has 0 aliphatic heterocycles. The summed E-state index contributed by atoms with van der Waals surface area (Å²) in [7, 11) is 0. The van der Waals surface area contributed by atoms with Crippen LogP contribution in [-0.4, -0.2) is 12.1 Å². The van der Waals surface area contributed by atoms with Gasteiger partial charge in [-0.15, -0.1) is 0 Å². The largest absolute Gasteiger partial charge is 0.327 e. The summed E-state index contributed by atoms with van der Waals surface area (Å²) in [5, 5.41) is 0. The van der Waals surface area contributed by atoms with E-state index in [-0.39, 0.29) is 0 Å². The standard InChI is InChI=1S/C16H32N2/c1-11-8-13(4-3-5-15(11)17)10-14-6-7-16(18)12(2)9-14/h11-16H,3-10,17-18H2,1-2H3. The van der Waals surface area contributed by atoms with Crippen molar-refractivity contribution in [3.8, 4) is 0 Å². The van der Waals surface area contributed by atoms with Gasteiger partial charge in [-0.1, -0.05) is 26.7 Å². The molecule has 4 N–H and O–H groups in total. The molecule has 18 heavy (non-hydrogen) atoms. The van der Waals surface area contributed by atoms with Crippen LogP contribution < -0.4 is 11.5 Å². The Hall–Kier alpha value is -0.0800. The highest BCUT2D eigenvalue weighted by Gasteiger charge is 2.29. The predicted molar refractivity (Wildman–Crippen MR) is 78.2 cm³/mol. The van der Waals surface area contributed by atoms with Crippen LogP contribution in [0.2, 0.25) is 0 Å².